The molecule has 0 amide bonds. The van der Waals surface area contributed by atoms with Crippen LogP contribution in [-0.4, -0.2) is 29.6 Å². The molecule has 0 bridgehead atoms. The van der Waals surface area contributed by atoms with Crippen molar-refractivity contribution in [3.63, 3.8) is 0 Å². The molecule has 2 heteroatoms. The van der Waals surface area contributed by atoms with Gasteiger partial charge < -0.3 is 10.0 Å². The molecule has 0 saturated heterocycles. The number of rotatable bonds is 5. The first kappa shape index (κ1) is 14.8. The summed E-state index contributed by atoms with van der Waals surface area (Å²) in [5, 5.41) is 10.3. The zero-order chi connectivity index (χ0) is 14.5. The first-order valence-corrected chi connectivity index (χ1v) is 7.11. The van der Waals surface area contributed by atoms with Crippen molar-refractivity contribution in [1.29, 1.82) is 0 Å². The summed E-state index contributed by atoms with van der Waals surface area (Å²) < 4.78 is 0. The van der Waals surface area contributed by atoms with Crippen molar-refractivity contribution in [2.24, 2.45) is 0 Å². The highest BCUT2D eigenvalue weighted by atomic mass is 16.3. The van der Waals surface area contributed by atoms with E-state index >= 15 is 0 Å². The average molecular weight is 269 g/mol. The molecule has 20 heavy (non-hydrogen) atoms. The Labute approximate surface area is 121 Å². The van der Waals surface area contributed by atoms with E-state index < -0.39 is 6.10 Å². The third kappa shape index (κ3) is 3.69. The van der Waals surface area contributed by atoms with E-state index in [0.29, 0.717) is 12.6 Å². The van der Waals surface area contributed by atoms with Gasteiger partial charge in [-0.2, -0.15) is 0 Å². The minimum absolute atomic E-state index is 0.438. The summed E-state index contributed by atoms with van der Waals surface area (Å²) in [5.74, 6) is 0. The first-order valence-electron chi connectivity index (χ1n) is 7.11. The Morgan fingerprint density at radius 3 is 2.00 bits per heavy atom. The number of hydrogen-bond acceptors (Lipinski definition) is 2. The third-order valence-electron chi connectivity index (χ3n) is 3.75. The van der Waals surface area contributed by atoms with Gasteiger partial charge in [0.25, 0.3) is 0 Å². The summed E-state index contributed by atoms with van der Waals surface area (Å²) >= 11 is 0. The zero-order valence-corrected chi connectivity index (χ0v) is 12.5. The van der Waals surface area contributed by atoms with Crippen LogP contribution in [0.15, 0.2) is 54.6 Å². The smallest absolute Gasteiger partial charge is 0.0916 e. The fourth-order valence-corrected chi connectivity index (χ4v) is 2.12. The van der Waals surface area contributed by atoms with E-state index in [9.17, 15) is 5.11 Å². The van der Waals surface area contributed by atoms with Gasteiger partial charge in [0.05, 0.1) is 6.10 Å². The monoisotopic (exact) mass is 269 g/mol. The molecular weight excluding hydrogens is 246 g/mol. The Morgan fingerprint density at radius 2 is 1.45 bits per heavy atom. The highest BCUT2D eigenvalue weighted by Gasteiger charge is 2.12. The summed E-state index contributed by atoms with van der Waals surface area (Å²) in [4.78, 5) is 2.15. The quantitative estimate of drug-likeness (QED) is 0.894. The van der Waals surface area contributed by atoms with Crippen LogP contribution in [-0.2, 0) is 0 Å². The SMILES string of the molecule is CC(C)N(C)CC(O)c1ccc(-c2ccccc2)cc1. The topological polar surface area (TPSA) is 23.5 Å². The van der Waals surface area contributed by atoms with E-state index in [0.717, 1.165) is 5.56 Å². The summed E-state index contributed by atoms with van der Waals surface area (Å²) in [7, 11) is 2.03. The van der Waals surface area contributed by atoms with Crippen molar-refractivity contribution in [1.82, 2.24) is 4.90 Å². The number of benzene rings is 2. The molecule has 0 aliphatic heterocycles. The molecule has 106 valence electrons. The molecule has 0 radical (unpaired) electrons. The van der Waals surface area contributed by atoms with Gasteiger partial charge in [0.1, 0.15) is 0 Å². The molecule has 2 rings (SSSR count). The number of hydrogen-bond donors (Lipinski definition) is 1. The minimum Gasteiger partial charge on any atom is -0.387 e. The van der Waals surface area contributed by atoms with E-state index in [2.05, 4.69) is 43.0 Å². The van der Waals surface area contributed by atoms with E-state index in [1.54, 1.807) is 0 Å². The van der Waals surface area contributed by atoms with Crippen molar-refractivity contribution < 1.29 is 5.11 Å². The fourth-order valence-electron chi connectivity index (χ4n) is 2.12. The lowest BCUT2D eigenvalue weighted by atomic mass is 10.0. The maximum atomic E-state index is 10.3. The Morgan fingerprint density at radius 1 is 0.900 bits per heavy atom. The summed E-state index contributed by atoms with van der Waals surface area (Å²) in [6.07, 6.45) is -0.438. The Balaban J connectivity index is 2.08. The maximum absolute atomic E-state index is 10.3. The second-order valence-electron chi connectivity index (χ2n) is 5.54. The fraction of sp³-hybridized carbons (Fsp3) is 0.333. The van der Waals surface area contributed by atoms with E-state index in [1.165, 1.54) is 11.1 Å². The summed E-state index contributed by atoms with van der Waals surface area (Å²) in [6.45, 7) is 4.92. The van der Waals surface area contributed by atoms with Gasteiger partial charge in [-0.3, -0.25) is 0 Å². The van der Waals surface area contributed by atoms with Crippen LogP contribution in [0.1, 0.15) is 25.5 Å². The van der Waals surface area contributed by atoms with Crippen LogP contribution >= 0.6 is 0 Å². The van der Waals surface area contributed by atoms with Crippen LogP contribution in [0.5, 0.6) is 0 Å². The van der Waals surface area contributed by atoms with Gasteiger partial charge >= 0.3 is 0 Å². The maximum Gasteiger partial charge on any atom is 0.0916 e. The van der Waals surface area contributed by atoms with Crippen molar-refractivity contribution in [2.75, 3.05) is 13.6 Å². The van der Waals surface area contributed by atoms with Gasteiger partial charge in [-0.1, -0.05) is 54.6 Å². The molecule has 2 aromatic rings. The highest BCUT2D eigenvalue weighted by Crippen LogP contribution is 2.22. The Kier molecular flexibility index (Phi) is 4.94. The molecule has 2 aromatic carbocycles. The van der Waals surface area contributed by atoms with Crippen molar-refractivity contribution in [3.05, 3.63) is 60.2 Å². The van der Waals surface area contributed by atoms with Crippen molar-refractivity contribution in [2.45, 2.75) is 26.0 Å². The second-order valence-corrected chi connectivity index (χ2v) is 5.54. The van der Waals surface area contributed by atoms with Crippen LogP contribution < -0.4 is 0 Å². The normalized spacial score (nSPS) is 12.9. The van der Waals surface area contributed by atoms with Gasteiger partial charge in [-0.25, -0.2) is 0 Å². The van der Waals surface area contributed by atoms with Crippen LogP contribution in [0.3, 0.4) is 0 Å². The zero-order valence-electron chi connectivity index (χ0n) is 12.5. The average Bonchev–Trinajstić information content (AvgIpc) is 2.48. The largest absolute Gasteiger partial charge is 0.387 e. The molecule has 1 atom stereocenters. The molecule has 0 spiro atoms. The molecule has 0 heterocycles. The van der Waals surface area contributed by atoms with Crippen molar-refractivity contribution >= 4 is 0 Å². The molecular formula is C18H23NO. The number of aliphatic hydroxyl groups excluding tert-OH is 1. The van der Waals surface area contributed by atoms with Crippen molar-refractivity contribution in [3.8, 4) is 11.1 Å². The molecule has 1 unspecified atom stereocenters. The Hall–Kier alpha value is -1.64. The molecule has 0 saturated carbocycles. The van der Waals surface area contributed by atoms with Crippen LogP contribution in [0.2, 0.25) is 0 Å². The molecule has 0 aromatic heterocycles. The first-order chi connectivity index (χ1) is 9.58. The molecule has 0 fully saturated rings. The van der Waals surface area contributed by atoms with Crippen LogP contribution in [0.4, 0.5) is 0 Å². The molecule has 2 nitrogen and oxygen atoms in total. The molecule has 1 N–H and O–H groups in total. The van der Waals surface area contributed by atoms with Gasteiger partial charge in [0, 0.05) is 12.6 Å². The lowest BCUT2D eigenvalue weighted by molar-refractivity contribution is 0.112. The summed E-state index contributed by atoms with van der Waals surface area (Å²) in [6, 6.07) is 18.9. The van der Waals surface area contributed by atoms with Gasteiger partial charge in [-0.05, 0) is 37.6 Å². The van der Waals surface area contributed by atoms with Crippen LogP contribution in [0, 0.1) is 0 Å². The Bertz CT molecular complexity index is 519. The van der Waals surface area contributed by atoms with E-state index in [1.807, 2.05) is 37.4 Å². The number of likely N-dealkylation sites (N-methyl/N-ethyl adjacent to an activating group) is 1. The lowest BCUT2D eigenvalue weighted by Gasteiger charge is -2.24. The predicted molar refractivity (Wildman–Crippen MR) is 84.6 cm³/mol. The van der Waals surface area contributed by atoms with E-state index in [4.69, 9.17) is 0 Å². The molecule has 0 aliphatic carbocycles. The molecule has 0 aliphatic rings. The number of nitrogens with zero attached hydrogens (tertiary/aromatic N) is 1. The standard InChI is InChI=1S/C18H23NO/c1-14(2)19(3)13-18(20)17-11-9-16(10-12-17)15-7-5-4-6-8-15/h4-12,14,18,20H,13H2,1-3H3. The second kappa shape index (κ2) is 6.69. The third-order valence-corrected chi connectivity index (χ3v) is 3.75. The van der Waals surface area contributed by atoms with Crippen LogP contribution in [0.25, 0.3) is 11.1 Å². The van der Waals surface area contributed by atoms with Gasteiger partial charge in [0.2, 0.25) is 0 Å². The minimum atomic E-state index is -0.438. The van der Waals surface area contributed by atoms with Gasteiger partial charge in [0.15, 0.2) is 0 Å². The lowest BCUT2D eigenvalue weighted by Crippen LogP contribution is -2.30. The summed E-state index contributed by atoms with van der Waals surface area (Å²) in [5.41, 5.74) is 3.35. The number of aliphatic hydroxyl groups is 1. The predicted octanol–water partition coefficient (Wildman–Crippen LogP) is 3.73. The highest BCUT2D eigenvalue weighted by molar-refractivity contribution is 5.63. The van der Waals surface area contributed by atoms with Gasteiger partial charge in [-0.15, -0.1) is 0 Å². The van der Waals surface area contributed by atoms with E-state index in [-0.39, 0.29) is 0 Å².